The Bertz CT molecular complexity index is 284. The summed E-state index contributed by atoms with van der Waals surface area (Å²) >= 11 is 0. The largest absolute Gasteiger partial charge is 0.314 e. The van der Waals surface area contributed by atoms with Crippen molar-refractivity contribution in [1.82, 2.24) is 10.3 Å². The first-order chi connectivity index (χ1) is 7.34. The van der Waals surface area contributed by atoms with Gasteiger partial charge in [0.15, 0.2) is 0 Å². The molecule has 0 radical (unpaired) electrons. The predicted molar refractivity (Wildman–Crippen MR) is 62.7 cm³/mol. The van der Waals surface area contributed by atoms with Crippen molar-refractivity contribution in [3.63, 3.8) is 0 Å². The van der Waals surface area contributed by atoms with Gasteiger partial charge in [0.25, 0.3) is 0 Å². The van der Waals surface area contributed by atoms with Crippen molar-refractivity contribution in [3.8, 4) is 0 Å². The molecule has 2 heteroatoms. The van der Waals surface area contributed by atoms with Crippen LogP contribution in [0, 0.1) is 5.92 Å². The number of pyridine rings is 1. The Morgan fingerprint density at radius 3 is 3.07 bits per heavy atom. The summed E-state index contributed by atoms with van der Waals surface area (Å²) in [6, 6.07) is 4.91. The molecule has 1 aromatic heterocycles. The van der Waals surface area contributed by atoms with Gasteiger partial charge < -0.3 is 5.32 Å². The molecule has 2 rings (SSSR count). The Morgan fingerprint density at radius 2 is 2.40 bits per heavy atom. The Balaban J connectivity index is 1.67. The minimum Gasteiger partial charge on any atom is -0.314 e. The number of nitrogens with zero attached hydrogens (tertiary/aromatic N) is 1. The fraction of sp³-hybridized carbons (Fsp3) is 0.615. The monoisotopic (exact) mass is 204 g/mol. The van der Waals surface area contributed by atoms with Gasteiger partial charge in [-0.15, -0.1) is 0 Å². The molecule has 0 aromatic carbocycles. The van der Waals surface area contributed by atoms with E-state index in [1.807, 2.05) is 18.5 Å². The number of aromatic nitrogens is 1. The van der Waals surface area contributed by atoms with Gasteiger partial charge >= 0.3 is 0 Å². The summed E-state index contributed by atoms with van der Waals surface area (Å²) in [6.45, 7) is 3.44. The molecule has 0 aliphatic heterocycles. The molecular weight excluding hydrogens is 184 g/mol. The van der Waals surface area contributed by atoms with Crippen LogP contribution in [0.4, 0.5) is 0 Å². The second kappa shape index (κ2) is 5.26. The molecule has 0 amide bonds. The molecule has 1 aliphatic carbocycles. The van der Waals surface area contributed by atoms with Gasteiger partial charge in [-0.3, -0.25) is 4.98 Å². The second-order valence-corrected chi connectivity index (χ2v) is 4.68. The zero-order valence-electron chi connectivity index (χ0n) is 9.45. The summed E-state index contributed by atoms with van der Waals surface area (Å²) in [7, 11) is 0. The highest BCUT2D eigenvalue weighted by Crippen LogP contribution is 2.24. The van der Waals surface area contributed by atoms with Crippen LogP contribution in [0.5, 0.6) is 0 Å². The van der Waals surface area contributed by atoms with Gasteiger partial charge in [-0.25, -0.2) is 0 Å². The topological polar surface area (TPSA) is 24.9 Å². The SMILES string of the molecule is CC1CCC(NCCc2cccnc2)C1. The van der Waals surface area contributed by atoms with Crippen molar-refractivity contribution >= 4 is 0 Å². The quantitative estimate of drug-likeness (QED) is 0.814. The van der Waals surface area contributed by atoms with Crippen LogP contribution < -0.4 is 5.32 Å². The molecule has 2 atom stereocenters. The number of hydrogen-bond acceptors (Lipinski definition) is 2. The third kappa shape index (κ3) is 3.31. The zero-order valence-corrected chi connectivity index (χ0v) is 9.45. The van der Waals surface area contributed by atoms with Crippen LogP contribution in [0.1, 0.15) is 31.7 Å². The van der Waals surface area contributed by atoms with E-state index in [1.54, 1.807) is 0 Å². The molecule has 1 heterocycles. The lowest BCUT2D eigenvalue weighted by Crippen LogP contribution is -2.28. The molecule has 1 aromatic rings. The summed E-state index contributed by atoms with van der Waals surface area (Å²) in [6.07, 6.45) is 8.99. The Morgan fingerprint density at radius 1 is 1.47 bits per heavy atom. The lowest BCUT2D eigenvalue weighted by atomic mass is 10.1. The minimum atomic E-state index is 0.761. The Hall–Kier alpha value is -0.890. The molecule has 0 spiro atoms. The van der Waals surface area contributed by atoms with E-state index in [2.05, 4.69) is 23.3 Å². The van der Waals surface area contributed by atoms with Crippen molar-refractivity contribution in [2.75, 3.05) is 6.54 Å². The molecule has 82 valence electrons. The van der Waals surface area contributed by atoms with Gasteiger partial charge in [-0.05, 0) is 49.8 Å². The van der Waals surface area contributed by atoms with Crippen LogP contribution in [-0.2, 0) is 6.42 Å². The Kier molecular flexibility index (Phi) is 3.73. The maximum atomic E-state index is 4.12. The van der Waals surface area contributed by atoms with Gasteiger partial charge in [-0.2, -0.15) is 0 Å². The van der Waals surface area contributed by atoms with Gasteiger partial charge in [0.1, 0.15) is 0 Å². The van der Waals surface area contributed by atoms with E-state index in [-0.39, 0.29) is 0 Å². The van der Waals surface area contributed by atoms with Crippen LogP contribution in [0.3, 0.4) is 0 Å². The molecule has 15 heavy (non-hydrogen) atoms. The summed E-state index contributed by atoms with van der Waals surface area (Å²) in [5.41, 5.74) is 1.33. The maximum Gasteiger partial charge on any atom is 0.0300 e. The van der Waals surface area contributed by atoms with Crippen LogP contribution in [-0.4, -0.2) is 17.6 Å². The van der Waals surface area contributed by atoms with Crippen molar-refractivity contribution in [1.29, 1.82) is 0 Å². The third-order valence-electron chi connectivity index (χ3n) is 3.26. The molecule has 0 bridgehead atoms. The molecule has 2 nitrogen and oxygen atoms in total. The zero-order chi connectivity index (χ0) is 10.5. The van der Waals surface area contributed by atoms with E-state index >= 15 is 0 Å². The van der Waals surface area contributed by atoms with E-state index in [0.29, 0.717) is 0 Å². The average Bonchev–Trinajstić information content (AvgIpc) is 2.66. The molecule has 2 unspecified atom stereocenters. The minimum absolute atomic E-state index is 0.761. The summed E-state index contributed by atoms with van der Waals surface area (Å²) in [5, 5.41) is 3.63. The van der Waals surface area contributed by atoms with Gasteiger partial charge in [0.05, 0.1) is 0 Å². The van der Waals surface area contributed by atoms with Crippen molar-refractivity contribution in [2.24, 2.45) is 5.92 Å². The van der Waals surface area contributed by atoms with Crippen LogP contribution in [0.15, 0.2) is 24.5 Å². The molecule has 1 aliphatic rings. The van der Waals surface area contributed by atoms with Gasteiger partial charge in [0, 0.05) is 18.4 Å². The highest BCUT2D eigenvalue weighted by Gasteiger charge is 2.19. The molecule has 1 fully saturated rings. The average molecular weight is 204 g/mol. The number of rotatable bonds is 4. The van der Waals surface area contributed by atoms with Gasteiger partial charge in [0.2, 0.25) is 0 Å². The Labute approximate surface area is 92.1 Å². The van der Waals surface area contributed by atoms with Crippen molar-refractivity contribution in [3.05, 3.63) is 30.1 Å². The standard InChI is InChI=1S/C13H20N2/c1-11-4-5-13(9-11)15-8-6-12-3-2-7-14-10-12/h2-3,7,10-11,13,15H,4-6,8-9H2,1H3. The first kappa shape index (κ1) is 10.6. The van der Waals surface area contributed by atoms with Crippen LogP contribution in [0.25, 0.3) is 0 Å². The van der Waals surface area contributed by atoms with E-state index in [1.165, 1.54) is 24.8 Å². The molecule has 1 N–H and O–H groups in total. The van der Waals surface area contributed by atoms with E-state index < -0.39 is 0 Å². The second-order valence-electron chi connectivity index (χ2n) is 4.68. The summed E-state index contributed by atoms with van der Waals surface area (Å²) < 4.78 is 0. The number of nitrogens with one attached hydrogen (secondary N) is 1. The van der Waals surface area contributed by atoms with Gasteiger partial charge in [-0.1, -0.05) is 13.0 Å². The van der Waals surface area contributed by atoms with Crippen LogP contribution >= 0.6 is 0 Å². The summed E-state index contributed by atoms with van der Waals surface area (Å²) in [4.78, 5) is 4.12. The van der Waals surface area contributed by atoms with Crippen LogP contribution in [0.2, 0.25) is 0 Å². The highest BCUT2D eigenvalue weighted by atomic mass is 14.9. The maximum absolute atomic E-state index is 4.12. The number of hydrogen-bond donors (Lipinski definition) is 1. The molecular formula is C13H20N2. The smallest absolute Gasteiger partial charge is 0.0300 e. The van der Waals surface area contributed by atoms with E-state index in [4.69, 9.17) is 0 Å². The lowest BCUT2D eigenvalue weighted by Gasteiger charge is -2.11. The lowest BCUT2D eigenvalue weighted by molar-refractivity contribution is 0.505. The fourth-order valence-corrected chi connectivity index (χ4v) is 2.36. The molecule has 0 saturated heterocycles. The highest BCUT2D eigenvalue weighted by molar-refractivity contribution is 5.08. The summed E-state index contributed by atoms with van der Waals surface area (Å²) in [5.74, 6) is 0.917. The first-order valence-corrected chi connectivity index (χ1v) is 5.97. The van der Waals surface area contributed by atoms with Crippen molar-refractivity contribution in [2.45, 2.75) is 38.6 Å². The first-order valence-electron chi connectivity index (χ1n) is 5.97. The van der Waals surface area contributed by atoms with Crippen molar-refractivity contribution < 1.29 is 0 Å². The third-order valence-corrected chi connectivity index (χ3v) is 3.26. The molecule has 1 saturated carbocycles. The van der Waals surface area contributed by atoms with E-state index in [9.17, 15) is 0 Å². The fourth-order valence-electron chi connectivity index (χ4n) is 2.36. The predicted octanol–water partition coefficient (Wildman–Crippen LogP) is 2.40. The van der Waals surface area contributed by atoms with E-state index in [0.717, 1.165) is 24.9 Å². The normalized spacial score (nSPS) is 25.7.